The van der Waals surface area contributed by atoms with Crippen molar-refractivity contribution >= 4 is 76.1 Å². The van der Waals surface area contributed by atoms with Crippen molar-refractivity contribution in [2.75, 3.05) is 0 Å². The Kier molecular flexibility index (Phi) is 5.63. The third-order valence-electron chi connectivity index (χ3n) is 10.3. The molecule has 3 heterocycles. The van der Waals surface area contributed by atoms with Crippen LogP contribution >= 0.6 is 0 Å². The number of rotatable bonds is 3. The molecule has 0 aliphatic carbocycles. The third kappa shape index (κ3) is 3.87. The molecule has 0 amide bonds. The molecule has 0 N–H and O–H groups in total. The van der Waals surface area contributed by atoms with E-state index in [2.05, 4.69) is 173 Å². The Morgan fingerprint density at radius 1 is 0.360 bits per heavy atom. The topological polar surface area (TPSA) is 35.6 Å². The van der Waals surface area contributed by atoms with E-state index in [1.165, 1.54) is 48.6 Å². The van der Waals surface area contributed by atoms with Crippen molar-refractivity contribution in [1.29, 1.82) is 0 Å². The van der Waals surface area contributed by atoms with E-state index in [-0.39, 0.29) is 0 Å². The maximum absolute atomic E-state index is 5.34. The predicted molar refractivity (Wildman–Crippen MR) is 209 cm³/mol. The molecule has 0 bridgehead atoms. The fourth-order valence-electron chi connectivity index (χ4n) is 8.02. The van der Waals surface area contributed by atoms with Crippen molar-refractivity contribution in [2.24, 2.45) is 0 Å². The van der Waals surface area contributed by atoms with Gasteiger partial charge in [0.1, 0.15) is 0 Å². The summed E-state index contributed by atoms with van der Waals surface area (Å²) in [5, 5.41) is 10.7. The van der Waals surface area contributed by atoms with Crippen molar-refractivity contribution in [3.63, 3.8) is 0 Å². The molecule has 0 aliphatic heterocycles. The Balaban J connectivity index is 1.30. The lowest BCUT2D eigenvalue weighted by Crippen LogP contribution is -2.03. The van der Waals surface area contributed by atoms with Crippen LogP contribution in [0.3, 0.4) is 0 Å². The van der Waals surface area contributed by atoms with E-state index in [1.54, 1.807) is 0 Å². The van der Waals surface area contributed by atoms with E-state index < -0.39 is 0 Å². The predicted octanol–water partition coefficient (Wildman–Crippen LogP) is 11.8. The normalized spacial score (nSPS) is 12.0. The molecular weight excluding hydrogens is 609 g/mol. The summed E-state index contributed by atoms with van der Waals surface area (Å²) in [7, 11) is 0. The first-order chi connectivity index (χ1) is 24.8. The van der Waals surface area contributed by atoms with Gasteiger partial charge >= 0.3 is 0 Å². The average molecular weight is 637 g/mol. The Labute approximate surface area is 287 Å². The molecule has 232 valence electrons. The molecule has 4 nitrogen and oxygen atoms in total. The average Bonchev–Trinajstić information content (AvgIpc) is 3.69. The quantitative estimate of drug-likeness (QED) is 0.193. The molecule has 4 heteroatoms. The van der Waals surface area contributed by atoms with Gasteiger partial charge in [-0.15, -0.1) is 0 Å². The molecule has 0 aliphatic rings. The van der Waals surface area contributed by atoms with Crippen LogP contribution in [0.1, 0.15) is 0 Å². The summed E-state index contributed by atoms with van der Waals surface area (Å²) in [6, 6.07) is 60.8. The number of benzene rings is 8. The first-order valence-electron chi connectivity index (χ1n) is 17.0. The molecule has 3 aromatic heterocycles. The summed E-state index contributed by atoms with van der Waals surface area (Å²) in [5.74, 6) is 0.659. The SMILES string of the molecule is c1ccc(-c2nc(-n3c4ccccc4c4cc5c6ccc7ccccc7c6n(-c6ccc7ccccc7c6)c5cc43)nc3ccccc23)cc1. The molecule has 0 radical (unpaired) electrons. The highest BCUT2D eigenvalue weighted by atomic mass is 15.2. The van der Waals surface area contributed by atoms with Gasteiger partial charge in [0.25, 0.3) is 0 Å². The van der Waals surface area contributed by atoms with Crippen LogP contribution < -0.4 is 0 Å². The molecule has 0 unspecified atom stereocenters. The second-order valence-corrected chi connectivity index (χ2v) is 13.0. The minimum atomic E-state index is 0.659. The molecule has 0 spiro atoms. The van der Waals surface area contributed by atoms with Gasteiger partial charge in [-0.2, -0.15) is 0 Å². The summed E-state index contributed by atoms with van der Waals surface area (Å²) >= 11 is 0. The monoisotopic (exact) mass is 636 g/mol. The first-order valence-corrected chi connectivity index (χ1v) is 17.0. The lowest BCUT2D eigenvalue weighted by Gasteiger charge is -2.13. The largest absolute Gasteiger partial charge is 0.309 e. The third-order valence-corrected chi connectivity index (χ3v) is 10.3. The molecule has 0 saturated carbocycles. The van der Waals surface area contributed by atoms with Gasteiger partial charge in [-0.1, -0.05) is 133 Å². The molecule has 0 saturated heterocycles. The van der Waals surface area contributed by atoms with Crippen LogP contribution in [-0.2, 0) is 0 Å². The van der Waals surface area contributed by atoms with Crippen molar-refractivity contribution in [1.82, 2.24) is 19.1 Å². The fraction of sp³-hybridized carbons (Fsp3) is 0. The zero-order valence-corrected chi connectivity index (χ0v) is 27.0. The summed E-state index contributed by atoms with van der Waals surface area (Å²) in [5.41, 5.74) is 8.56. The molecule has 11 aromatic rings. The highest BCUT2D eigenvalue weighted by Gasteiger charge is 2.21. The van der Waals surface area contributed by atoms with E-state index in [0.717, 1.165) is 44.4 Å². The number of hydrogen-bond acceptors (Lipinski definition) is 2. The highest BCUT2D eigenvalue weighted by molar-refractivity contribution is 6.23. The molecule has 0 atom stereocenters. The number of aromatic nitrogens is 4. The van der Waals surface area contributed by atoms with Crippen molar-refractivity contribution in [3.8, 4) is 22.9 Å². The van der Waals surface area contributed by atoms with Gasteiger partial charge < -0.3 is 4.57 Å². The number of para-hydroxylation sites is 2. The molecule has 50 heavy (non-hydrogen) atoms. The van der Waals surface area contributed by atoms with Crippen LogP contribution in [0.4, 0.5) is 0 Å². The number of fused-ring (bicyclic) bond motifs is 10. The minimum Gasteiger partial charge on any atom is -0.309 e. The van der Waals surface area contributed by atoms with Gasteiger partial charge in [0.15, 0.2) is 0 Å². The van der Waals surface area contributed by atoms with Crippen molar-refractivity contribution < 1.29 is 0 Å². The Morgan fingerprint density at radius 3 is 1.90 bits per heavy atom. The van der Waals surface area contributed by atoms with Crippen LogP contribution in [0.25, 0.3) is 99.0 Å². The van der Waals surface area contributed by atoms with Crippen LogP contribution in [0.2, 0.25) is 0 Å². The fourth-order valence-corrected chi connectivity index (χ4v) is 8.02. The van der Waals surface area contributed by atoms with Gasteiger partial charge in [0.05, 0.1) is 33.3 Å². The number of nitrogens with zero attached hydrogens (tertiary/aromatic N) is 4. The Hall–Kier alpha value is -6.78. The zero-order chi connectivity index (χ0) is 32.8. The summed E-state index contributed by atoms with van der Waals surface area (Å²) in [6.07, 6.45) is 0. The van der Waals surface area contributed by atoms with Crippen LogP contribution in [0.15, 0.2) is 170 Å². The van der Waals surface area contributed by atoms with E-state index in [1.807, 2.05) is 6.07 Å². The van der Waals surface area contributed by atoms with Gasteiger partial charge in [-0.25, -0.2) is 9.97 Å². The Morgan fingerprint density at radius 2 is 1.02 bits per heavy atom. The molecule has 11 rings (SSSR count). The minimum absolute atomic E-state index is 0.659. The second kappa shape index (κ2) is 10.4. The number of hydrogen-bond donors (Lipinski definition) is 0. The van der Waals surface area contributed by atoms with Crippen LogP contribution in [0.5, 0.6) is 0 Å². The van der Waals surface area contributed by atoms with E-state index >= 15 is 0 Å². The molecular formula is C46H28N4. The van der Waals surface area contributed by atoms with Crippen molar-refractivity contribution in [3.05, 3.63) is 170 Å². The van der Waals surface area contributed by atoms with Gasteiger partial charge in [-0.3, -0.25) is 4.57 Å². The Bertz CT molecular complexity index is 3150. The maximum atomic E-state index is 5.34. The van der Waals surface area contributed by atoms with Crippen LogP contribution in [0, 0.1) is 0 Å². The van der Waals surface area contributed by atoms with Gasteiger partial charge in [0.2, 0.25) is 5.95 Å². The standard InChI is InChI=1S/C46H28N4/c1-2-14-31(15-3-1)44-37-19-8-10-20-40(37)47-46(48-44)50-41-21-11-9-18-35(41)38-27-39-36-25-23-30-13-6-7-17-34(30)45(36)49(42(39)28-43(38)50)33-24-22-29-12-4-5-16-32(29)26-33/h1-28H. The van der Waals surface area contributed by atoms with E-state index in [4.69, 9.17) is 9.97 Å². The summed E-state index contributed by atoms with van der Waals surface area (Å²) in [6.45, 7) is 0. The molecule has 8 aromatic carbocycles. The lowest BCUT2D eigenvalue weighted by atomic mass is 10.0. The highest BCUT2D eigenvalue weighted by Crippen LogP contribution is 2.42. The summed E-state index contributed by atoms with van der Waals surface area (Å²) < 4.78 is 4.71. The van der Waals surface area contributed by atoms with Crippen molar-refractivity contribution in [2.45, 2.75) is 0 Å². The van der Waals surface area contributed by atoms with E-state index in [0.29, 0.717) is 5.95 Å². The van der Waals surface area contributed by atoms with E-state index in [9.17, 15) is 0 Å². The second-order valence-electron chi connectivity index (χ2n) is 13.0. The first kappa shape index (κ1) is 27.2. The van der Waals surface area contributed by atoms with Gasteiger partial charge in [0, 0.05) is 43.6 Å². The lowest BCUT2D eigenvalue weighted by molar-refractivity contribution is 1.01. The summed E-state index contributed by atoms with van der Waals surface area (Å²) in [4.78, 5) is 10.6. The molecule has 0 fully saturated rings. The van der Waals surface area contributed by atoms with Gasteiger partial charge in [-0.05, 0) is 52.6 Å². The smallest absolute Gasteiger partial charge is 0.235 e. The van der Waals surface area contributed by atoms with Crippen LogP contribution in [-0.4, -0.2) is 19.1 Å². The zero-order valence-electron chi connectivity index (χ0n) is 27.0. The maximum Gasteiger partial charge on any atom is 0.235 e.